The minimum Gasteiger partial charge on any atom is -0.495 e. The normalized spacial score (nSPS) is 23.4. The summed E-state index contributed by atoms with van der Waals surface area (Å²) in [6.07, 6.45) is 8.16. The Hall–Kier alpha value is -3.20. The van der Waals surface area contributed by atoms with Crippen molar-refractivity contribution in [1.29, 1.82) is 0 Å². The summed E-state index contributed by atoms with van der Waals surface area (Å²) >= 11 is 0. The number of allylic oxidation sites excluding steroid dienone is 1. The standard InChI is InChI=1S/C29H31N3O2/c1-19-17-32(18-20(2)34-19)24-14-10-22(11-15-24)27-16-31-28-25(6-5-7-26(28)29(27)33-4)21-8-12-23(30-3)13-9-21/h5-10,12-13,16,19-20,24H,11,14-15,17-18H2,1-2,4H3/t19-,20+,24?. The highest BCUT2D eigenvalue weighted by Crippen LogP contribution is 2.40. The number of benzene rings is 2. The Morgan fingerprint density at radius 2 is 1.82 bits per heavy atom. The molecule has 1 saturated heterocycles. The van der Waals surface area contributed by atoms with Crippen LogP contribution in [0.3, 0.4) is 0 Å². The number of hydrogen-bond donors (Lipinski definition) is 0. The molecule has 0 radical (unpaired) electrons. The Morgan fingerprint density at radius 1 is 1.06 bits per heavy atom. The molecule has 3 atom stereocenters. The van der Waals surface area contributed by atoms with Crippen LogP contribution in [0, 0.1) is 6.57 Å². The number of para-hydroxylation sites is 1. The van der Waals surface area contributed by atoms with E-state index in [1.807, 2.05) is 30.5 Å². The molecule has 0 spiro atoms. The monoisotopic (exact) mass is 453 g/mol. The molecule has 0 saturated carbocycles. The number of morpholine rings is 1. The van der Waals surface area contributed by atoms with Gasteiger partial charge in [0.1, 0.15) is 5.75 Å². The van der Waals surface area contributed by atoms with Gasteiger partial charge in [0.25, 0.3) is 0 Å². The summed E-state index contributed by atoms with van der Waals surface area (Å²) in [5.74, 6) is 0.892. The zero-order valence-corrected chi connectivity index (χ0v) is 20.1. The lowest BCUT2D eigenvalue weighted by atomic mass is 9.88. The molecule has 1 aliphatic heterocycles. The van der Waals surface area contributed by atoms with Gasteiger partial charge in [-0.25, -0.2) is 4.85 Å². The summed E-state index contributed by atoms with van der Waals surface area (Å²) in [6.45, 7) is 13.6. The number of pyridine rings is 1. The van der Waals surface area contributed by atoms with Gasteiger partial charge in [-0.1, -0.05) is 42.5 Å². The van der Waals surface area contributed by atoms with E-state index in [4.69, 9.17) is 21.0 Å². The first-order valence-electron chi connectivity index (χ1n) is 12.1. The number of ether oxygens (including phenoxy) is 2. The minimum absolute atomic E-state index is 0.297. The van der Waals surface area contributed by atoms with Gasteiger partial charge in [-0.3, -0.25) is 9.88 Å². The van der Waals surface area contributed by atoms with Gasteiger partial charge in [0.05, 0.1) is 31.4 Å². The topological polar surface area (TPSA) is 39.0 Å². The number of hydrogen-bond acceptors (Lipinski definition) is 4. The largest absolute Gasteiger partial charge is 0.495 e. The van der Waals surface area contributed by atoms with E-state index >= 15 is 0 Å². The molecule has 3 aromatic rings. The number of fused-ring (bicyclic) bond motifs is 1. The van der Waals surface area contributed by atoms with Crippen molar-refractivity contribution >= 4 is 22.2 Å². The molecule has 2 aromatic carbocycles. The lowest BCUT2D eigenvalue weighted by Crippen LogP contribution is -2.50. The summed E-state index contributed by atoms with van der Waals surface area (Å²) < 4.78 is 11.9. The van der Waals surface area contributed by atoms with Crippen LogP contribution in [0.5, 0.6) is 5.75 Å². The molecular weight excluding hydrogens is 422 g/mol. The molecular formula is C29H31N3O2. The van der Waals surface area contributed by atoms with E-state index in [9.17, 15) is 0 Å². The Kier molecular flexibility index (Phi) is 6.36. The molecule has 0 N–H and O–H groups in total. The number of rotatable bonds is 4. The first kappa shape index (κ1) is 22.6. The van der Waals surface area contributed by atoms with Gasteiger partial charge in [0, 0.05) is 41.8 Å². The van der Waals surface area contributed by atoms with E-state index in [2.05, 4.69) is 47.9 Å². The van der Waals surface area contributed by atoms with Gasteiger partial charge < -0.3 is 9.47 Å². The first-order valence-corrected chi connectivity index (χ1v) is 12.1. The summed E-state index contributed by atoms with van der Waals surface area (Å²) in [5, 5.41) is 1.02. The zero-order valence-electron chi connectivity index (χ0n) is 20.1. The molecule has 0 bridgehead atoms. The summed E-state index contributed by atoms with van der Waals surface area (Å²) in [6, 6.07) is 14.5. The Bertz CT molecular complexity index is 1250. The predicted octanol–water partition coefficient (Wildman–Crippen LogP) is 6.51. The van der Waals surface area contributed by atoms with Crippen molar-refractivity contribution in [2.45, 2.75) is 51.4 Å². The number of aromatic nitrogens is 1. The van der Waals surface area contributed by atoms with E-state index in [-0.39, 0.29) is 0 Å². The van der Waals surface area contributed by atoms with Crippen LogP contribution in [0.25, 0.3) is 32.4 Å². The van der Waals surface area contributed by atoms with Gasteiger partial charge in [-0.2, -0.15) is 0 Å². The average Bonchev–Trinajstić information content (AvgIpc) is 2.87. The quantitative estimate of drug-likeness (QED) is 0.422. The third-order valence-electron chi connectivity index (χ3n) is 7.05. The molecule has 34 heavy (non-hydrogen) atoms. The smallest absolute Gasteiger partial charge is 0.187 e. The van der Waals surface area contributed by atoms with E-state index in [0.717, 1.165) is 65.7 Å². The number of methoxy groups -OCH3 is 1. The SMILES string of the molecule is [C-]#[N+]c1ccc(-c2cccc3c(OC)c(C4=CCC(N5C[C@@H](C)O[C@@H](C)C5)CC4)cnc23)cc1. The van der Waals surface area contributed by atoms with Crippen LogP contribution >= 0.6 is 0 Å². The van der Waals surface area contributed by atoms with E-state index < -0.39 is 0 Å². The van der Waals surface area contributed by atoms with Crippen molar-refractivity contribution in [2.24, 2.45) is 0 Å². The molecule has 2 heterocycles. The van der Waals surface area contributed by atoms with Crippen LogP contribution in [0.4, 0.5) is 5.69 Å². The lowest BCUT2D eigenvalue weighted by molar-refractivity contribution is -0.0810. The second-order valence-electron chi connectivity index (χ2n) is 9.43. The lowest BCUT2D eigenvalue weighted by Gasteiger charge is -2.41. The maximum absolute atomic E-state index is 7.19. The molecule has 174 valence electrons. The van der Waals surface area contributed by atoms with Crippen molar-refractivity contribution < 1.29 is 9.47 Å². The average molecular weight is 454 g/mol. The Balaban J connectivity index is 1.45. The second kappa shape index (κ2) is 9.58. The highest BCUT2D eigenvalue weighted by molar-refractivity contribution is 5.99. The minimum atomic E-state index is 0.297. The van der Waals surface area contributed by atoms with Crippen molar-refractivity contribution in [3.8, 4) is 16.9 Å². The molecule has 2 aliphatic rings. The molecule has 1 aromatic heterocycles. The van der Waals surface area contributed by atoms with Gasteiger partial charge in [0.15, 0.2) is 5.69 Å². The molecule has 0 amide bonds. The van der Waals surface area contributed by atoms with Crippen molar-refractivity contribution in [1.82, 2.24) is 9.88 Å². The second-order valence-corrected chi connectivity index (χ2v) is 9.43. The van der Waals surface area contributed by atoms with Crippen LogP contribution in [0.2, 0.25) is 0 Å². The highest BCUT2D eigenvalue weighted by Gasteiger charge is 2.29. The third kappa shape index (κ3) is 4.32. The van der Waals surface area contributed by atoms with Crippen LogP contribution < -0.4 is 4.74 Å². The van der Waals surface area contributed by atoms with Gasteiger partial charge in [-0.15, -0.1) is 0 Å². The van der Waals surface area contributed by atoms with Crippen LogP contribution in [0.15, 0.2) is 54.7 Å². The molecule has 1 unspecified atom stereocenters. The zero-order chi connectivity index (χ0) is 23.7. The van der Waals surface area contributed by atoms with Crippen molar-refractivity contribution in [2.75, 3.05) is 20.2 Å². The molecule has 1 aliphatic carbocycles. The summed E-state index contributed by atoms with van der Waals surface area (Å²) in [4.78, 5) is 11.0. The molecule has 5 nitrogen and oxygen atoms in total. The molecule has 5 rings (SSSR count). The van der Waals surface area contributed by atoms with Crippen LogP contribution in [-0.2, 0) is 4.74 Å². The predicted molar refractivity (Wildman–Crippen MR) is 137 cm³/mol. The van der Waals surface area contributed by atoms with Crippen LogP contribution in [0.1, 0.15) is 38.7 Å². The van der Waals surface area contributed by atoms with E-state index in [1.165, 1.54) is 5.57 Å². The van der Waals surface area contributed by atoms with E-state index in [0.29, 0.717) is 23.9 Å². The van der Waals surface area contributed by atoms with Gasteiger partial charge in [-0.05, 0) is 50.3 Å². The maximum atomic E-state index is 7.19. The fourth-order valence-electron chi connectivity index (χ4n) is 5.51. The van der Waals surface area contributed by atoms with E-state index in [1.54, 1.807) is 7.11 Å². The number of nitrogens with zero attached hydrogens (tertiary/aromatic N) is 3. The molecule has 5 heteroatoms. The fourth-order valence-corrected chi connectivity index (χ4v) is 5.51. The Morgan fingerprint density at radius 3 is 2.47 bits per heavy atom. The summed E-state index contributed by atoms with van der Waals surface area (Å²) in [5.41, 5.74) is 6.08. The summed E-state index contributed by atoms with van der Waals surface area (Å²) in [7, 11) is 1.75. The molecule has 1 fully saturated rings. The maximum Gasteiger partial charge on any atom is 0.187 e. The highest BCUT2D eigenvalue weighted by atomic mass is 16.5. The van der Waals surface area contributed by atoms with Crippen molar-refractivity contribution in [3.63, 3.8) is 0 Å². The fraction of sp³-hybridized carbons (Fsp3) is 0.379. The first-order chi connectivity index (χ1) is 16.6. The van der Waals surface area contributed by atoms with Gasteiger partial charge in [0.2, 0.25) is 0 Å². The van der Waals surface area contributed by atoms with Crippen LogP contribution in [-0.4, -0.2) is 48.3 Å². The Labute approximate surface area is 201 Å². The van der Waals surface area contributed by atoms with Crippen molar-refractivity contribution in [3.05, 3.63) is 71.7 Å². The third-order valence-corrected chi connectivity index (χ3v) is 7.05. The van der Waals surface area contributed by atoms with Gasteiger partial charge >= 0.3 is 0 Å².